The lowest BCUT2D eigenvalue weighted by atomic mass is 9.66. The molecular formula is C25H17BO. The summed E-state index contributed by atoms with van der Waals surface area (Å²) in [7, 11) is 0.0449. The van der Waals surface area contributed by atoms with Crippen LogP contribution in [0.4, 0.5) is 0 Å². The average molecular weight is 344 g/mol. The molecule has 0 saturated carbocycles. The van der Waals surface area contributed by atoms with Crippen molar-refractivity contribution in [1.82, 2.24) is 0 Å². The van der Waals surface area contributed by atoms with Crippen LogP contribution < -0.4 is 5.46 Å². The van der Waals surface area contributed by atoms with Gasteiger partial charge in [-0.3, -0.25) is 0 Å². The summed E-state index contributed by atoms with van der Waals surface area (Å²) in [6.45, 7) is 0. The zero-order valence-corrected chi connectivity index (χ0v) is 14.8. The van der Waals surface area contributed by atoms with Crippen LogP contribution in [0, 0.1) is 0 Å². The summed E-state index contributed by atoms with van der Waals surface area (Å²) in [5, 5.41) is 10.2. The molecule has 0 aromatic heterocycles. The third kappa shape index (κ3) is 1.65. The van der Waals surface area contributed by atoms with Gasteiger partial charge in [-0.2, -0.15) is 0 Å². The van der Waals surface area contributed by atoms with E-state index in [1.165, 1.54) is 44.5 Å². The van der Waals surface area contributed by atoms with E-state index in [2.05, 4.69) is 91.0 Å². The molecule has 0 amide bonds. The SMILES string of the molecule is OBc1cccc2c1C1(c3ccccc3-c3ccccc31)c1ccccc1-2. The van der Waals surface area contributed by atoms with E-state index in [-0.39, 0.29) is 12.9 Å². The largest absolute Gasteiger partial charge is 0.449 e. The highest BCUT2D eigenvalue weighted by atomic mass is 16.2. The monoisotopic (exact) mass is 344 g/mol. The zero-order chi connectivity index (χ0) is 18.0. The normalized spacial score (nSPS) is 14.4. The van der Waals surface area contributed by atoms with E-state index >= 15 is 0 Å². The van der Waals surface area contributed by atoms with Gasteiger partial charge in [0.25, 0.3) is 0 Å². The van der Waals surface area contributed by atoms with Crippen molar-refractivity contribution in [1.29, 1.82) is 0 Å². The van der Waals surface area contributed by atoms with E-state index in [1.807, 2.05) is 0 Å². The number of hydrogen-bond donors (Lipinski definition) is 1. The third-order valence-corrected chi connectivity index (χ3v) is 6.27. The van der Waals surface area contributed by atoms with E-state index in [4.69, 9.17) is 0 Å². The van der Waals surface area contributed by atoms with Gasteiger partial charge in [0.1, 0.15) is 0 Å². The van der Waals surface area contributed by atoms with Crippen molar-refractivity contribution in [2.24, 2.45) is 0 Å². The Bertz CT molecular complexity index is 1160. The Morgan fingerprint density at radius 3 is 1.48 bits per heavy atom. The summed E-state index contributed by atoms with van der Waals surface area (Å²) < 4.78 is 0. The summed E-state index contributed by atoms with van der Waals surface area (Å²) in [5.74, 6) is 0. The number of hydrogen-bond acceptors (Lipinski definition) is 1. The summed E-state index contributed by atoms with van der Waals surface area (Å²) in [6, 6.07) is 32.5. The Hall–Kier alpha value is -3.10. The number of rotatable bonds is 1. The van der Waals surface area contributed by atoms with Crippen LogP contribution in [0.25, 0.3) is 22.3 Å². The maximum atomic E-state index is 10.2. The van der Waals surface area contributed by atoms with Crippen LogP contribution >= 0.6 is 0 Å². The van der Waals surface area contributed by atoms with Gasteiger partial charge < -0.3 is 5.02 Å². The molecule has 27 heavy (non-hydrogen) atoms. The van der Waals surface area contributed by atoms with Crippen LogP contribution in [-0.4, -0.2) is 12.5 Å². The molecule has 4 aromatic rings. The van der Waals surface area contributed by atoms with Crippen molar-refractivity contribution in [3.63, 3.8) is 0 Å². The molecule has 0 unspecified atom stereocenters. The highest BCUT2D eigenvalue weighted by Gasteiger charge is 2.52. The quantitative estimate of drug-likeness (QED) is 0.447. The lowest BCUT2D eigenvalue weighted by Crippen LogP contribution is -2.34. The second-order valence-electron chi connectivity index (χ2n) is 7.38. The minimum atomic E-state index is -0.349. The highest BCUT2D eigenvalue weighted by Crippen LogP contribution is 2.61. The Morgan fingerprint density at radius 2 is 0.963 bits per heavy atom. The van der Waals surface area contributed by atoms with Gasteiger partial charge in [-0.25, -0.2) is 0 Å². The molecule has 4 aromatic carbocycles. The molecule has 1 spiro atoms. The van der Waals surface area contributed by atoms with E-state index in [0.29, 0.717) is 0 Å². The first-order chi connectivity index (χ1) is 13.4. The fourth-order valence-corrected chi connectivity index (χ4v) is 5.37. The number of benzene rings is 4. The molecule has 2 aliphatic carbocycles. The summed E-state index contributed by atoms with van der Waals surface area (Å²) >= 11 is 0. The molecule has 1 N–H and O–H groups in total. The molecule has 0 bridgehead atoms. The maximum Gasteiger partial charge on any atom is 0.305 e. The van der Waals surface area contributed by atoms with Crippen LogP contribution in [0.15, 0.2) is 91.0 Å². The molecular weight excluding hydrogens is 327 g/mol. The van der Waals surface area contributed by atoms with Crippen LogP contribution in [0.1, 0.15) is 22.3 Å². The van der Waals surface area contributed by atoms with Gasteiger partial charge in [-0.1, -0.05) is 91.0 Å². The summed E-state index contributed by atoms with van der Waals surface area (Å²) in [5.41, 5.74) is 11.0. The maximum absolute atomic E-state index is 10.2. The Labute approximate surface area is 159 Å². The fraction of sp³-hybridized carbons (Fsp3) is 0.0400. The first-order valence-corrected chi connectivity index (χ1v) is 9.40. The minimum Gasteiger partial charge on any atom is -0.449 e. The molecule has 6 rings (SSSR count). The lowest BCUT2D eigenvalue weighted by Gasteiger charge is -2.31. The standard InChI is InChI=1S/C25H17BO/c27-26-23-15-7-11-19-18-10-3-6-14-22(18)25(24(19)23)20-12-4-1-8-16(20)17-9-2-5-13-21(17)25/h1-15,26-27H. The van der Waals surface area contributed by atoms with E-state index < -0.39 is 0 Å². The number of fused-ring (bicyclic) bond motifs is 10. The van der Waals surface area contributed by atoms with Crippen molar-refractivity contribution >= 4 is 12.9 Å². The van der Waals surface area contributed by atoms with E-state index in [1.54, 1.807) is 0 Å². The molecule has 0 saturated heterocycles. The molecule has 0 atom stereocenters. The van der Waals surface area contributed by atoms with Crippen LogP contribution in [-0.2, 0) is 5.41 Å². The van der Waals surface area contributed by atoms with Crippen molar-refractivity contribution in [3.8, 4) is 22.3 Å². The Balaban J connectivity index is 1.89. The van der Waals surface area contributed by atoms with Crippen LogP contribution in [0.2, 0.25) is 0 Å². The van der Waals surface area contributed by atoms with Gasteiger partial charge in [0.15, 0.2) is 0 Å². The molecule has 2 heteroatoms. The van der Waals surface area contributed by atoms with Gasteiger partial charge in [-0.05, 0) is 50.0 Å². The predicted molar refractivity (Wildman–Crippen MR) is 112 cm³/mol. The Morgan fingerprint density at radius 1 is 0.519 bits per heavy atom. The van der Waals surface area contributed by atoms with Crippen molar-refractivity contribution in [2.45, 2.75) is 5.41 Å². The smallest absolute Gasteiger partial charge is 0.305 e. The molecule has 0 heterocycles. The molecule has 2 aliphatic rings. The van der Waals surface area contributed by atoms with E-state index in [9.17, 15) is 5.02 Å². The molecule has 0 fully saturated rings. The van der Waals surface area contributed by atoms with Crippen molar-refractivity contribution in [2.75, 3.05) is 0 Å². The van der Waals surface area contributed by atoms with Gasteiger partial charge in [0.05, 0.1) is 5.41 Å². The van der Waals surface area contributed by atoms with Gasteiger partial charge in [-0.15, -0.1) is 0 Å². The van der Waals surface area contributed by atoms with Gasteiger partial charge in [0.2, 0.25) is 0 Å². The molecule has 126 valence electrons. The highest BCUT2D eigenvalue weighted by molar-refractivity contribution is 6.47. The second-order valence-corrected chi connectivity index (χ2v) is 7.38. The third-order valence-electron chi connectivity index (χ3n) is 6.27. The summed E-state index contributed by atoms with van der Waals surface area (Å²) in [6.07, 6.45) is 0. The van der Waals surface area contributed by atoms with Crippen molar-refractivity contribution < 1.29 is 5.02 Å². The van der Waals surface area contributed by atoms with Gasteiger partial charge in [0, 0.05) is 0 Å². The lowest BCUT2D eigenvalue weighted by molar-refractivity contribution is 0.614. The average Bonchev–Trinajstić information content (AvgIpc) is 3.21. The first-order valence-electron chi connectivity index (χ1n) is 9.40. The molecule has 0 radical (unpaired) electrons. The molecule has 0 aliphatic heterocycles. The van der Waals surface area contributed by atoms with E-state index in [0.717, 1.165) is 5.46 Å². The fourth-order valence-electron chi connectivity index (χ4n) is 5.37. The Kier molecular flexibility index (Phi) is 2.90. The first kappa shape index (κ1) is 15.0. The molecule has 1 nitrogen and oxygen atoms in total. The van der Waals surface area contributed by atoms with Gasteiger partial charge >= 0.3 is 7.48 Å². The van der Waals surface area contributed by atoms with Crippen LogP contribution in [0.5, 0.6) is 0 Å². The topological polar surface area (TPSA) is 20.2 Å². The second kappa shape index (κ2) is 5.22. The van der Waals surface area contributed by atoms with Crippen molar-refractivity contribution in [3.05, 3.63) is 113 Å². The predicted octanol–water partition coefficient (Wildman–Crippen LogP) is 4.00. The summed E-state index contributed by atoms with van der Waals surface area (Å²) in [4.78, 5) is 0. The zero-order valence-electron chi connectivity index (χ0n) is 14.8. The van der Waals surface area contributed by atoms with Crippen LogP contribution in [0.3, 0.4) is 0 Å². The minimum absolute atomic E-state index is 0.0449.